The summed E-state index contributed by atoms with van der Waals surface area (Å²) in [5, 5.41) is 5.88. The summed E-state index contributed by atoms with van der Waals surface area (Å²) in [6.07, 6.45) is 3.55. The van der Waals surface area contributed by atoms with Crippen LogP contribution in [0.2, 0.25) is 0 Å². The largest absolute Gasteiger partial charge is 0.457 e. The van der Waals surface area contributed by atoms with E-state index >= 15 is 0 Å². The highest BCUT2D eigenvalue weighted by Crippen LogP contribution is 2.45. The van der Waals surface area contributed by atoms with E-state index in [0.29, 0.717) is 78.2 Å². The number of aryl methyl sites for hydroxylation is 1. The quantitative estimate of drug-likeness (QED) is 0.171. The van der Waals surface area contributed by atoms with E-state index in [-0.39, 0.29) is 16.8 Å². The van der Waals surface area contributed by atoms with Gasteiger partial charge in [0.05, 0.1) is 11.1 Å². The fraction of sp³-hybridized carbons (Fsp3) is 0.0980. The van der Waals surface area contributed by atoms with Crippen LogP contribution < -0.4 is 4.74 Å². The summed E-state index contributed by atoms with van der Waals surface area (Å²) < 4.78 is 58.5. The smallest absolute Gasteiger partial charge is 0.227 e. The summed E-state index contributed by atoms with van der Waals surface area (Å²) in [5.41, 5.74) is 9.66. The van der Waals surface area contributed by atoms with E-state index in [9.17, 15) is 0 Å². The van der Waals surface area contributed by atoms with E-state index in [1.54, 1.807) is 16.8 Å². The van der Waals surface area contributed by atoms with Crippen molar-refractivity contribution < 1.29 is 26.6 Å². The van der Waals surface area contributed by atoms with Crippen molar-refractivity contribution in [2.24, 2.45) is 0 Å². The maximum Gasteiger partial charge on any atom is 0.227 e. The number of fused-ring (bicyclic) bond motifs is 14. The molecular formula is C51H33N5O5. The molecule has 0 saturated heterocycles. The zero-order chi connectivity index (χ0) is 43.2. The molecule has 0 saturated carbocycles. The molecule has 0 aliphatic rings. The Bertz CT molecular complexity index is 4110. The van der Waals surface area contributed by atoms with Crippen LogP contribution in [0, 0.1) is 6.85 Å². The lowest BCUT2D eigenvalue weighted by atomic mass is 9.86. The molecule has 0 unspecified atom stereocenters. The molecule has 0 bridgehead atoms. The SMILES string of the molecule is [2H]C([2H])([2H])c1ccc2c(n1)oc1c(-c3nccc4c3nc3c5ccccc5on43)cc(Oc3cc(-c4cc5oc6ccccc6c5cn4)c4c(c3)oc3cc(C(C)(C)C)ccc34)cc12. The topological polar surface area (TPSA) is 118 Å². The van der Waals surface area contributed by atoms with Crippen LogP contribution in [0.5, 0.6) is 11.5 Å². The van der Waals surface area contributed by atoms with Crippen LogP contribution in [0.4, 0.5) is 0 Å². The van der Waals surface area contributed by atoms with E-state index in [0.717, 1.165) is 49.2 Å². The standard InChI is InChI=1S/C51H33N5O5/c1-26-13-15-31-34-20-28(22-36(48(34)60-50(31)54-26)46-47-39(17-18-52-46)56-49(55-47)33-10-6-8-12-41(33)61-56)57-29-21-35(38-24-43-37(25-53-38)30-9-5-7-11-40(30)58-43)45-32-16-14-27(51(2,3)4)19-42(32)59-44(45)23-29/h5-25H,1-4H3/i1D3. The second-order valence-corrected chi connectivity index (χ2v) is 16.5. The van der Waals surface area contributed by atoms with Crippen molar-refractivity contribution in [2.75, 3.05) is 0 Å². The van der Waals surface area contributed by atoms with Crippen molar-refractivity contribution in [2.45, 2.75) is 33.0 Å². The molecule has 5 aromatic carbocycles. The Kier molecular flexibility index (Phi) is 6.12. The first-order valence-electron chi connectivity index (χ1n) is 21.4. The van der Waals surface area contributed by atoms with E-state index < -0.39 is 6.85 Å². The van der Waals surface area contributed by atoms with Crippen molar-refractivity contribution in [1.29, 1.82) is 0 Å². The zero-order valence-corrected chi connectivity index (χ0v) is 32.9. The molecule has 8 heterocycles. The predicted octanol–water partition coefficient (Wildman–Crippen LogP) is 13.8. The lowest BCUT2D eigenvalue weighted by molar-refractivity contribution is 0.423. The number of nitrogens with zero attached hydrogens (tertiary/aromatic N) is 5. The van der Waals surface area contributed by atoms with Gasteiger partial charge in [0, 0.05) is 77.8 Å². The van der Waals surface area contributed by atoms with Crippen molar-refractivity contribution in [3.63, 3.8) is 0 Å². The highest BCUT2D eigenvalue weighted by atomic mass is 16.5. The minimum atomic E-state index is -2.43. The third-order valence-electron chi connectivity index (χ3n) is 11.7. The summed E-state index contributed by atoms with van der Waals surface area (Å²) in [7, 11) is 0. The summed E-state index contributed by atoms with van der Waals surface area (Å²) in [5.74, 6) is 0.941. The average Bonchev–Trinajstić information content (AvgIpc) is 4.10. The normalized spacial score (nSPS) is 13.5. The Hall–Kier alpha value is -7.98. The minimum Gasteiger partial charge on any atom is -0.457 e. The molecule has 13 rings (SSSR count). The number of imidazole rings is 1. The van der Waals surface area contributed by atoms with Crippen molar-refractivity contribution in [3.8, 4) is 34.0 Å². The number of hydrogen-bond donors (Lipinski definition) is 0. The van der Waals surface area contributed by atoms with Crippen molar-refractivity contribution in [3.05, 3.63) is 139 Å². The maximum absolute atomic E-state index is 8.04. The maximum atomic E-state index is 8.04. The van der Waals surface area contributed by atoms with E-state index in [1.807, 2.05) is 91.1 Å². The highest BCUT2D eigenvalue weighted by molar-refractivity contribution is 6.14. The zero-order valence-electron chi connectivity index (χ0n) is 35.9. The second kappa shape index (κ2) is 12.0. The van der Waals surface area contributed by atoms with E-state index in [1.165, 1.54) is 6.07 Å². The molecule has 13 aromatic rings. The van der Waals surface area contributed by atoms with Gasteiger partial charge >= 0.3 is 0 Å². The lowest BCUT2D eigenvalue weighted by Gasteiger charge is -2.18. The molecule has 61 heavy (non-hydrogen) atoms. The first-order chi connectivity index (χ1) is 30.9. The molecule has 10 heteroatoms. The number of para-hydroxylation sites is 2. The van der Waals surface area contributed by atoms with Crippen LogP contribution in [0.3, 0.4) is 0 Å². The van der Waals surface area contributed by atoms with Crippen LogP contribution in [0.1, 0.15) is 36.1 Å². The molecule has 0 N–H and O–H groups in total. The van der Waals surface area contributed by atoms with Crippen LogP contribution in [0.15, 0.2) is 145 Å². The Morgan fingerprint density at radius 2 is 1.41 bits per heavy atom. The molecule has 0 amide bonds. The number of ether oxygens (including phenoxy) is 1. The molecule has 8 aromatic heterocycles. The Labute approximate surface area is 349 Å². The molecule has 292 valence electrons. The van der Waals surface area contributed by atoms with Gasteiger partial charge in [-0.25, -0.2) is 9.97 Å². The Morgan fingerprint density at radius 3 is 2.30 bits per heavy atom. The van der Waals surface area contributed by atoms with Crippen molar-refractivity contribution >= 4 is 93.6 Å². The third-order valence-corrected chi connectivity index (χ3v) is 11.7. The molecule has 0 atom stereocenters. The predicted molar refractivity (Wildman–Crippen MR) is 239 cm³/mol. The molecule has 10 nitrogen and oxygen atoms in total. The number of pyridine rings is 3. The second-order valence-electron chi connectivity index (χ2n) is 16.5. The van der Waals surface area contributed by atoms with Gasteiger partial charge in [-0.2, -0.15) is 4.57 Å². The van der Waals surface area contributed by atoms with E-state index in [4.69, 9.17) is 41.6 Å². The first kappa shape index (κ1) is 31.0. The number of aromatic nitrogens is 5. The van der Waals surface area contributed by atoms with Crippen molar-refractivity contribution in [1.82, 2.24) is 24.5 Å². The van der Waals surface area contributed by atoms with Gasteiger partial charge in [0.25, 0.3) is 0 Å². The van der Waals surface area contributed by atoms with Crippen LogP contribution in [0.25, 0.3) is 116 Å². The van der Waals surface area contributed by atoms with Gasteiger partial charge in [0.15, 0.2) is 11.2 Å². The molecule has 0 fully saturated rings. The van der Waals surface area contributed by atoms with Gasteiger partial charge in [0.2, 0.25) is 5.71 Å². The third kappa shape index (κ3) is 5.02. The molecule has 0 spiro atoms. The number of hydrogen-bond acceptors (Lipinski definition) is 9. The monoisotopic (exact) mass is 798 g/mol. The minimum absolute atomic E-state index is 0.0746. The number of rotatable bonds is 4. The van der Waals surface area contributed by atoms with Crippen LogP contribution >= 0.6 is 0 Å². The summed E-state index contributed by atoms with van der Waals surface area (Å²) >= 11 is 0. The van der Waals surface area contributed by atoms with Gasteiger partial charge in [-0.15, -0.1) is 0 Å². The van der Waals surface area contributed by atoms with Gasteiger partial charge in [0.1, 0.15) is 56.1 Å². The first-order valence-corrected chi connectivity index (χ1v) is 19.9. The molecule has 0 radical (unpaired) electrons. The summed E-state index contributed by atoms with van der Waals surface area (Å²) in [6.45, 7) is 4.11. The fourth-order valence-electron chi connectivity index (χ4n) is 8.75. The van der Waals surface area contributed by atoms with E-state index in [2.05, 4.69) is 44.0 Å². The fourth-order valence-corrected chi connectivity index (χ4v) is 8.75. The summed E-state index contributed by atoms with van der Waals surface area (Å²) in [6, 6.07) is 36.7. The molecule has 0 aliphatic heterocycles. The van der Waals surface area contributed by atoms with Gasteiger partial charge in [-0.1, -0.05) is 63.2 Å². The van der Waals surface area contributed by atoms with Gasteiger partial charge < -0.3 is 22.5 Å². The van der Waals surface area contributed by atoms with Gasteiger partial charge in [-0.05, 0) is 78.5 Å². The summed E-state index contributed by atoms with van der Waals surface area (Å²) in [4.78, 5) is 19.4. The average molecular weight is 799 g/mol. The van der Waals surface area contributed by atoms with Gasteiger partial charge in [-0.3, -0.25) is 9.97 Å². The molecule has 0 aliphatic carbocycles. The Balaban J connectivity index is 1.03. The number of benzene rings is 5. The highest BCUT2D eigenvalue weighted by Gasteiger charge is 2.24. The Morgan fingerprint density at radius 1 is 0.623 bits per heavy atom. The molecular weight excluding hydrogens is 763 g/mol. The van der Waals surface area contributed by atoms with Crippen LogP contribution in [-0.2, 0) is 5.41 Å². The van der Waals surface area contributed by atoms with Crippen LogP contribution in [-0.4, -0.2) is 24.5 Å². The lowest BCUT2D eigenvalue weighted by Crippen LogP contribution is -2.10. The number of furan rings is 3.